The minimum Gasteiger partial charge on any atom is -0.402 e. The molecule has 0 spiro atoms. The Kier molecular flexibility index (Phi) is 3.19. The first kappa shape index (κ1) is 12.0. The summed E-state index contributed by atoms with van der Waals surface area (Å²) in [5.41, 5.74) is 6.70. The first-order chi connectivity index (χ1) is 8.56. The topological polar surface area (TPSA) is 70.9 Å². The Balaban J connectivity index is 2.39. The van der Waals surface area contributed by atoms with Crippen LogP contribution in [0.15, 0.2) is 59.2 Å². The predicted molar refractivity (Wildman–Crippen MR) is 75.3 cm³/mol. The highest BCUT2D eigenvalue weighted by molar-refractivity contribution is 5.83. The molecule has 0 aliphatic carbocycles. The molecule has 1 aromatic carbocycles. The van der Waals surface area contributed by atoms with E-state index in [4.69, 9.17) is 5.73 Å². The van der Waals surface area contributed by atoms with E-state index >= 15 is 0 Å². The number of rotatable bonds is 3. The maximum atomic E-state index is 11.8. The molecule has 4 N–H and O–H groups in total. The molecule has 1 heterocycles. The van der Waals surface area contributed by atoms with E-state index in [9.17, 15) is 4.79 Å². The van der Waals surface area contributed by atoms with Gasteiger partial charge in [0.1, 0.15) is 5.82 Å². The summed E-state index contributed by atoms with van der Waals surface area (Å²) in [5.74, 6) is 0.598. The standard InChI is InChI=1S/C14H15N3O/c1-9(15)7-10(2)16-13-8-11-5-3-4-6-12(11)14(18)17-13/h3-8H,2,15H2,1H3,(H2,16,17,18)/b9-7-. The Hall–Kier alpha value is -2.49. The van der Waals surface area contributed by atoms with Crippen LogP contribution in [-0.4, -0.2) is 4.98 Å². The lowest BCUT2D eigenvalue weighted by molar-refractivity contribution is 1.24. The normalized spacial score (nSPS) is 11.5. The van der Waals surface area contributed by atoms with Crippen molar-refractivity contribution in [1.29, 1.82) is 0 Å². The van der Waals surface area contributed by atoms with Crippen molar-refractivity contribution >= 4 is 16.6 Å². The van der Waals surface area contributed by atoms with Crippen LogP contribution in [0.25, 0.3) is 10.8 Å². The second kappa shape index (κ2) is 4.79. The van der Waals surface area contributed by atoms with Crippen LogP contribution < -0.4 is 16.6 Å². The monoisotopic (exact) mass is 241 g/mol. The van der Waals surface area contributed by atoms with Gasteiger partial charge >= 0.3 is 0 Å². The summed E-state index contributed by atoms with van der Waals surface area (Å²) in [6.45, 7) is 5.58. The van der Waals surface area contributed by atoms with Crippen molar-refractivity contribution in [2.24, 2.45) is 5.73 Å². The van der Waals surface area contributed by atoms with Gasteiger partial charge in [-0.05, 0) is 30.5 Å². The van der Waals surface area contributed by atoms with E-state index in [1.54, 1.807) is 19.1 Å². The molecule has 0 atom stereocenters. The zero-order chi connectivity index (χ0) is 13.1. The molecule has 2 rings (SSSR count). The molecule has 0 bridgehead atoms. The van der Waals surface area contributed by atoms with Gasteiger partial charge in [-0.3, -0.25) is 4.79 Å². The molecule has 0 aliphatic rings. The molecule has 0 unspecified atom stereocenters. The SMILES string of the molecule is C=C(/C=C(/C)N)Nc1cc2ccccc2c(=O)[nH]1. The zero-order valence-corrected chi connectivity index (χ0v) is 10.2. The van der Waals surface area contributed by atoms with Gasteiger partial charge in [-0.2, -0.15) is 0 Å². The number of aromatic amines is 1. The number of benzene rings is 1. The second-order valence-electron chi connectivity index (χ2n) is 4.14. The Morgan fingerprint density at radius 2 is 2.17 bits per heavy atom. The first-order valence-electron chi connectivity index (χ1n) is 5.58. The molecule has 0 fully saturated rings. The number of hydrogen-bond donors (Lipinski definition) is 3. The van der Waals surface area contributed by atoms with Crippen molar-refractivity contribution in [3.63, 3.8) is 0 Å². The molecular formula is C14H15N3O. The van der Waals surface area contributed by atoms with E-state index < -0.39 is 0 Å². The fourth-order valence-corrected chi connectivity index (χ4v) is 1.76. The lowest BCUT2D eigenvalue weighted by atomic mass is 10.2. The van der Waals surface area contributed by atoms with Gasteiger partial charge in [-0.1, -0.05) is 24.8 Å². The third-order valence-corrected chi connectivity index (χ3v) is 2.45. The number of H-pyrrole nitrogens is 1. The minimum absolute atomic E-state index is 0.128. The molecule has 4 nitrogen and oxygen atoms in total. The Bertz CT molecular complexity index is 679. The minimum atomic E-state index is -0.128. The van der Waals surface area contributed by atoms with E-state index in [-0.39, 0.29) is 5.56 Å². The van der Waals surface area contributed by atoms with Crippen LogP contribution in [0.5, 0.6) is 0 Å². The highest BCUT2D eigenvalue weighted by Gasteiger charge is 2.01. The third kappa shape index (κ3) is 2.60. The summed E-state index contributed by atoms with van der Waals surface area (Å²) < 4.78 is 0. The number of hydrogen-bond acceptors (Lipinski definition) is 3. The number of fused-ring (bicyclic) bond motifs is 1. The molecule has 4 heteroatoms. The van der Waals surface area contributed by atoms with E-state index in [2.05, 4.69) is 16.9 Å². The maximum absolute atomic E-state index is 11.8. The van der Waals surface area contributed by atoms with Gasteiger partial charge in [0.25, 0.3) is 5.56 Å². The van der Waals surface area contributed by atoms with E-state index in [1.165, 1.54) is 0 Å². The van der Waals surface area contributed by atoms with E-state index in [0.29, 0.717) is 22.6 Å². The number of nitrogens with two attached hydrogens (primary N) is 1. The summed E-state index contributed by atoms with van der Waals surface area (Å²) in [5, 5.41) is 4.55. The average Bonchev–Trinajstić information content (AvgIpc) is 2.27. The zero-order valence-electron chi connectivity index (χ0n) is 10.2. The highest BCUT2D eigenvalue weighted by Crippen LogP contribution is 2.14. The Morgan fingerprint density at radius 3 is 2.89 bits per heavy atom. The lowest BCUT2D eigenvalue weighted by Crippen LogP contribution is -2.10. The van der Waals surface area contributed by atoms with Gasteiger partial charge in [0.05, 0.1) is 0 Å². The Morgan fingerprint density at radius 1 is 1.44 bits per heavy atom. The molecule has 18 heavy (non-hydrogen) atoms. The number of aromatic nitrogens is 1. The predicted octanol–water partition coefficient (Wildman–Crippen LogP) is 2.32. The second-order valence-corrected chi connectivity index (χ2v) is 4.14. The van der Waals surface area contributed by atoms with Crippen LogP contribution in [0.3, 0.4) is 0 Å². The number of allylic oxidation sites excluding steroid dienone is 2. The van der Waals surface area contributed by atoms with Gasteiger partial charge < -0.3 is 16.0 Å². The summed E-state index contributed by atoms with van der Waals surface area (Å²) >= 11 is 0. The fraction of sp³-hybridized carbons (Fsp3) is 0.0714. The molecule has 2 aromatic rings. The summed E-state index contributed by atoms with van der Waals surface area (Å²) in [7, 11) is 0. The molecule has 0 aliphatic heterocycles. The summed E-state index contributed by atoms with van der Waals surface area (Å²) in [4.78, 5) is 14.6. The van der Waals surface area contributed by atoms with E-state index in [1.807, 2.05) is 24.3 Å². The van der Waals surface area contributed by atoms with Gasteiger partial charge in [0.2, 0.25) is 0 Å². The van der Waals surface area contributed by atoms with Gasteiger partial charge in [-0.25, -0.2) is 0 Å². The molecule has 0 saturated heterocycles. The smallest absolute Gasteiger partial charge is 0.257 e. The van der Waals surface area contributed by atoms with Crippen LogP contribution in [0.4, 0.5) is 5.82 Å². The van der Waals surface area contributed by atoms with Crippen LogP contribution >= 0.6 is 0 Å². The van der Waals surface area contributed by atoms with Gasteiger partial charge in [0, 0.05) is 16.8 Å². The largest absolute Gasteiger partial charge is 0.402 e. The highest BCUT2D eigenvalue weighted by atomic mass is 16.1. The lowest BCUT2D eigenvalue weighted by Gasteiger charge is -2.07. The van der Waals surface area contributed by atoms with Crippen LogP contribution in [-0.2, 0) is 0 Å². The third-order valence-electron chi connectivity index (χ3n) is 2.45. The maximum Gasteiger partial charge on any atom is 0.257 e. The summed E-state index contributed by atoms with van der Waals surface area (Å²) in [6.07, 6.45) is 1.70. The molecule has 0 saturated carbocycles. The molecule has 92 valence electrons. The van der Waals surface area contributed by atoms with Crippen molar-refractivity contribution in [1.82, 2.24) is 4.98 Å². The van der Waals surface area contributed by atoms with Crippen LogP contribution in [0, 0.1) is 0 Å². The van der Waals surface area contributed by atoms with Crippen molar-refractivity contribution in [3.05, 3.63) is 64.7 Å². The van der Waals surface area contributed by atoms with Crippen molar-refractivity contribution in [3.8, 4) is 0 Å². The number of anilines is 1. The van der Waals surface area contributed by atoms with Crippen LogP contribution in [0.2, 0.25) is 0 Å². The Labute approximate surface area is 105 Å². The van der Waals surface area contributed by atoms with Gasteiger partial charge in [-0.15, -0.1) is 0 Å². The van der Waals surface area contributed by atoms with Crippen LogP contribution in [0.1, 0.15) is 6.92 Å². The first-order valence-corrected chi connectivity index (χ1v) is 5.58. The number of pyridine rings is 1. The molecule has 0 amide bonds. The quantitative estimate of drug-likeness (QED) is 0.722. The molecular weight excluding hydrogens is 226 g/mol. The van der Waals surface area contributed by atoms with Gasteiger partial charge in [0.15, 0.2) is 0 Å². The van der Waals surface area contributed by atoms with Crippen molar-refractivity contribution in [2.75, 3.05) is 5.32 Å². The number of nitrogens with one attached hydrogen (secondary N) is 2. The van der Waals surface area contributed by atoms with Crippen molar-refractivity contribution < 1.29 is 0 Å². The van der Waals surface area contributed by atoms with E-state index in [0.717, 1.165) is 5.39 Å². The fourth-order valence-electron chi connectivity index (χ4n) is 1.76. The summed E-state index contributed by atoms with van der Waals surface area (Å²) in [6, 6.07) is 9.27. The average molecular weight is 241 g/mol. The molecule has 1 aromatic heterocycles. The molecule has 0 radical (unpaired) electrons. The van der Waals surface area contributed by atoms with Crippen molar-refractivity contribution in [2.45, 2.75) is 6.92 Å².